The van der Waals surface area contributed by atoms with Crippen molar-refractivity contribution >= 4 is 17.4 Å². The lowest BCUT2D eigenvalue weighted by Gasteiger charge is -2.28. The van der Waals surface area contributed by atoms with Crippen molar-refractivity contribution in [3.05, 3.63) is 24.0 Å². The number of anilines is 2. The summed E-state index contributed by atoms with van der Waals surface area (Å²) in [5.74, 6) is -0.323. The van der Waals surface area contributed by atoms with E-state index in [1.165, 1.54) is 11.0 Å². The largest absolute Gasteiger partial charge is 0.392 e. The molecule has 1 heterocycles. The maximum Gasteiger partial charge on any atom is 0.322 e. The summed E-state index contributed by atoms with van der Waals surface area (Å²) in [7, 11) is 0. The van der Waals surface area contributed by atoms with Crippen LogP contribution in [0.5, 0.6) is 0 Å². The van der Waals surface area contributed by atoms with Crippen molar-refractivity contribution in [2.75, 3.05) is 29.9 Å². The van der Waals surface area contributed by atoms with Crippen LogP contribution in [-0.4, -0.2) is 47.8 Å². The molecule has 0 bridgehead atoms. The van der Waals surface area contributed by atoms with Gasteiger partial charge in [-0.05, 0) is 51.8 Å². The highest BCUT2D eigenvalue weighted by Crippen LogP contribution is 2.26. The summed E-state index contributed by atoms with van der Waals surface area (Å²) in [6.07, 6.45) is 1.55. The number of urea groups is 1. The van der Waals surface area contributed by atoms with E-state index in [2.05, 4.69) is 5.32 Å². The Morgan fingerprint density at radius 2 is 2.00 bits per heavy atom. The van der Waals surface area contributed by atoms with Crippen LogP contribution in [0.4, 0.5) is 20.6 Å². The molecule has 6 heteroatoms. The number of nitrogens with one attached hydrogen (secondary N) is 1. The molecule has 2 amide bonds. The van der Waals surface area contributed by atoms with E-state index in [0.717, 1.165) is 25.9 Å². The van der Waals surface area contributed by atoms with Crippen LogP contribution in [0.2, 0.25) is 0 Å². The third-order valence-electron chi connectivity index (χ3n) is 3.99. The lowest BCUT2D eigenvalue weighted by atomic mass is 10.2. The monoisotopic (exact) mass is 323 g/mol. The Hall–Kier alpha value is -1.82. The number of aliphatic hydroxyl groups excluding tert-OH is 1. The molecule has 23 heavy (non-hydrogen) atoms. The molecule has 2 rings (SSSR count). The van der Waals surface area contributed by atoms with E-state index >= 15 is 0 Å². The highest BCUT2D eigenvalue weighted by Gasteiger charge is 2.20. The maximum atomic E-state index is 14.3. The van der Waals surface area contributed by atoms with Gasteiger partial charge < -0.3 is 20.2 Å². The second-order valence-electron chi connectivity index (χ2n) is 6.39. The highest BCUT2D eigenvalue weighted by atomic mass is 19.1. The summed E-state index contributed by atoms with van der Waals surface area (Å²) in [6.45, 7) is 7.36. The number of carbonyl (C=O) groups excluding carboxylic acids is 1. The fraction of sp³-hybridized carbons (Fsp3) is 0.588. The normalized spacial score (nSPS) is 15.8. The number of halogens is 1. The average Bonchev–Trinajstić information content (AvgIpc) is 2.98. The van der Waals surface area contributed by atoms with E-state index in [4.69, 9.17) is 0 Å². The van der Waals surface area contributed by atoms with E-state index in [0.29, 0.717) is 11.4 Å². The van der Waals surface area contributed by atoms with Crippen LogP contribution in [-0.2, 0) is 0 Å². The zero-order valence-electron chi connectivity index (χ0n) is 14.1. The molecule has 1 aromatic carbocycles. The number of amides is 2. The number of benzene rings is 1. The fourth-order valence-electron chi connectivity index (χ4n) is 2.81. The van der Waals surface area contributed by atoms with Gasteiger partial charge in [-0.25, -0.2) is 9.18 Å². The Kier molecular flexibility index (Phi) is 5.82. The van der Waals surface area contributed by atoms with Crippen molar-refractivity contribution in [3.63, 3.8) is 0 Å². The third kappa shape index (κ3) is 4.58. The summed E-state index contributed by atoms with van der Waals surface area (Å²) in [6, 6.07) is 4.39. The SMILES string of the molecule is CC(O)CN(C(=O)Nc1ccc(N2CCCC2)c(F)c1)C(C)C. The minimum Gasteiger partial charge on any atom is -0.392 e. The van der Waals surface area contributed by atoms with Gasteiger partial charge in [0.05, 0.1) is 11.8 Å². The Balaban J connectivity index is 2.06. The first-order chi connectivity index (χ1) is 10.9. The van der Waals surface area contributed by atoms with Crippen LogP contribution in [0.15, 0.2) is 18.2 Å². The standard InChI is InChI=1S/C17H26FN3O2/c1-12(2)21(11-13(3)22)17(23)19-14-6-7-16(15(18)10-14)20-8-4-5-9-20/h6-7,10,12-13,22H,4-5,8-9,11H2,1-3H3,(H,19,23). The molecule has 1 atom stereocenters. The molecule has 2 N–H and O–H groups in total. The van der Waals surface area contributed by atoms with E-state index in [9.17, 15) is 14.3 Å². The van der Waals surface area contributed by atoms with Crippen LogP contribution in [0, 0.1) is 5.82 Å². The lowest BCUT2D eigenvalue weighted by Crippen LogP contribution is -2.43. The van der Waals surface area contributed by atoms with Gasteiger partial charge in [-0.15, -0.1) is 0 Å². The Morgan fingerprint density at radius 1 is 1.35 bits per heavy atom. The summed E-state index contributed by atoms with van der Waals surface area (Å²) in [5, 5.41) is 12.2. The molecule has 1 saturated heterocycles. The minimum absolute atomic E-state index is 0.0571. The Morgan fingerprint density at radius 3 is 2.52 bits per heavy atom. The Labute approximate surface area is 137 Å². The minimum atomic E-state index is -0.613. The fourth-order valence-corrected chi connectivity index (χ4v) is 2.81. The molecule has 0 radical (unpaired) electrons. The van der Waals surface area contributed by atoms with Crippen LogP contribution >= 0.6 is 0 Å². The smallest absolute Gasteiger partial charge is 0.322 e. The maximum absolute atomic E-state index is 14.3. The van der Waals surface area contributed by atoms with Gasteiger partial charge >= 0.3 is 6.03 Å². The molecule has 0 spiro atoms. The van der Waals surface area contributed by atoms with Crippen LogP contribution in [0.1, 0.15) is 33.6 Å². The molecule has 1 aromatic rings. The molecule has 1 unspecified atom stereocenters. The number of aliphatic hydroxyl groups is 1. The molecule has 128 valence electrons. The third-order valence-corrected chi connectivity index (χ3v) is 3.99. The number of rotatable bonds is 5. The first-order valence-corrected chi connectivity index (χ1v) is 8.18. The predicted octanol–water partition coefficient (Wildman–Crippen LogP) is 3.05. The van der Waals surface area contributed by atoms with Gasteiger partial charge in [-0.3, -0.25) is 0 Å². The van der Waals surface area contributed by atoms with Gasteiger partial charge in [-0.2, -0.15) is 0 Å². The first kappa shape index (κ1) is 17.5. The number of hydrogen-bond donors (Lipinski definition) is 2. The summed E-state index contributed by atoms with van der Waals surface area (Å²) in [4.78, 5) is 15.9. The molecular weight excluding hydrogens is 297 g/mol. The van der Waals surface area contributed by atoms with Crippen LogP contribution in [0.3, 0.4) is 0 Å². The summed E-state index contributed by atoms with van der Waals surface area (Å²) in [5.41, 5.74) is 1.01. The summed E-state index contributed by atoms with van der Waals surface area (Å²) >= 11 is 0. The quantitative estimate of drug-likeness (QED) is 0.876. The molecule has 0 aliphatic carbocycles. The molecule has 1 fully saturated rings. The van der Waals surface area contributed by atoms with Gasteiger partial charge in [0.25, 0.3) is 0 Å². The van der Waals surface area contributed by atoms with Gasteiger partial charge in [0, 0.05) is 31.4 Å². The average molecular weight is 323 g/mol. The lowest BCUT2D eigenvalue weighted by molar-refractivity contribution is 0.125. The van der Waals surface area contributed by atoms with Crippen molar-refractivity contribution in [2.24, 2.45) is 0 Å². The van der Waals surface area contributed by atoms with Crippen LogP contribution in [0.25, 0.3) is 0 Å². The van der Waals surface area contributed by atoms with Gasteiger partial charge in [-0.1, -0.05) is 0 Å². The number of hydrogen-bond acceptors (Lipinski definition) is 3. The molecule has 1 aliphatic heterocycles. The second kappa shape index (κ2) is 7.64. The molecule has 0 aromatic heterocycles. The van der Waals surface area contributed by atoms with Crippen molar-refractivity contribution in [1.82, 2.24) is 4.90 Å². The van der Waals surface area contributed by atoms with Crippen LogP contribution < -0.4 is 10.2 Å². The molecule has 5 nitrogen and oxygen atoms in total. The number of carbonyl (C=O) groups is 1. The van der Waals surface area contributed by atoms with Gasteiger partial charge in [0.1, 0.15) is 5.82 Å². The molecular formula is C17H26FN3O2. The van der Waals surface area contributed by atoms with Crippen molar-refractivity contribution in [1.29, 1.82) is 0 Å². The van der Waals surface area contributed by atoms with Gasteiger partial charge in [0.15, 0.2) is 0 Å². The zero-order chi connectivity index (χ0) is 17.0. The van der Waals surface area contributed by atoms with E-state index in [1.54, 1.807) is 19.1 Å². The Bertz CT molecular complexity index is 543. The zero-order valence-corrected chi connectivity index (χ0v) is 14.1. The highest BCUT2D eigenvalue weighted by molar-refractivity contribution is 5.89. The molecule has 0 saturated carbocycles. The predicted molar refractivity (Wildman–Crippen MR) is 90.4 cm³/mol. The van der Waals surface area contributed by atoms with Crippen molar-refractivity contribution in [3.8, 4) is 0 Å². The van der Waals surface area contributed by atoms with Crippen molar-refractivity contribution < 1.29 is 14.3 Å². The van der Waals surface area contributed by atoms with Crippen molar-refractivity contribution in [2.45, 2.75) is 45.8 Å². The van der Waals surface area contributed by atoms with E-state index in [1.807, 2.05) is 18.7 Å². The van der Waals surface area contributed by atoms with E-state index in [-0.39, 0.29) is 24.4 Å². The second-order valence-corrected chi connectivity index (χ2v) is 6.39. The topological polar surface area (TPSA) is 55.8 Å². The summed E-state index contributed by atoms with van der Waals surface area (Å²) < 4.78 is 14.3. The first-order valence-electron chi connectivity index (χ1n) is 8.18. The number of nitrogens with zero attached hydrogens (tertiary/aromatic N) is 2. The molecule has 1 aliphatic rings. The van der Waals surface area contributed by atoms with Gasteiger partial charge in [0.2, 0.25) is 0 Å². The van der Waals surface area contributed by atoms with E-state index < -0.39 is 6.10 Å².